The SMILES string of the molecule is CC(C)OCCCCNC(=O)C1(C(N)=NO)CCCC1. The largest absolute Gasteiger partial charge is 0.409 e. The van der Waals surface area contributed by atoms with Gasteiger partial charge in [-0.2, -0.15) is 0 Å². The third-order valence-electron chi connectivity index (χ3n) is 3.80. The van der Waals surface area contributed by atoms with Gasteiger partial charge < -0.3 is 21.0 Å². The molecule has 1 aliphatic carbocycles. The molecule has 1 aliphatic rings. The molecule has 0 aromatic carbocycles. The van der Waals surface area contributed by atoms with E-state index in [1.807, 2.05) is 13.8 Å². The summed E-state index contributed by atoms with van der Waals surface area (Å²) < 4.78 is 5.44. The van der Waals surface area contributed by atoms with Crippen LogP contribution in [0.4, 0.5) is 0 Å². The van der Waals surface area contributed by atoms with E-state index in [0.29, 0.717) is 26.0 Å². The van der Waals surface area contributed by atoms with Crippen LogP contribution in [0.15, 0.2) is 5.16 Å². The molecule has 1 fully saturated rings. The Labute approximate surface area is 120 Å². The minimum atomic E-state index is -0.802. The number of hydrogen-bond acceptors (Lipinski definition) is 4. The number of amides is 1. The molecule has 0 bridgehead atoms. The number of nitrogens with two attached hydrogens (primary N) is 1. The molecule has 0 aromatic heterocycles. The molecule has 0 aliphatic heterocycles. The summed E-state index contributed by atoms with van der Waals surface area (Å²) in [4.78, 5) is 12.3. The van der Waals surface area contributed by atoms with Gasteiger partial charge in [-0.25, -0.2) is 0 Å². The second-order valence-electron chi connectivity index (χ2n) is 5.66. The van der Waals surface area contributed by atoms with Gasteiger partial charge in [-0.3, -0.25) is 4.79 Å². The number of nitrogens with one attached hydrogen (secondary N) is 1. The van der Waals surface area contributed by atoms with Crippen molar-refractivity contribution in [1.82, 2.24) is 5.32 Å². The van der Waals surface area contributed by atoms with Crippen LogP contribution in [-0.2, 0) is 9.53 Å². The standard InChI is InChI=1S/C14H27N3O3/c1-11(2)20-10-6-5-9-16-13(18)14(12(15)17-19)7-3-4-8-14/h11,19H,3-10H2,1-2H3,(H2,15,17)(H,16,18). The average Bonchev–Trinajstić information content (AvgIpc) is 2.91. The van der Waals surface area contributed by atoms with Gasteiger partial charge in [-0.15, -0.1) is 0 Å². The van der Waals surface area contributed by atoms with E-state index in [-0.39, 0.29) is 17.8 Å². The lowest BCUT2D eigenvalue weighted by Gasteiger charge is -2.25. The maximum absolute atomic E-state index is 12.3. The molecule has 0 radical (unpaired) electrons. The minimum absolute atomic E-state index is 0.0376. The van der Waals surface area contributed by atoms with Crippen LogP contribution in [0.5, 0.6) is 0 Å². The Bertz CT molecular complexity index is 337. The fourth-order valence-corrected chi connectivity index (χ4v) is 2.59. The van der Waals surface area contributed by atoms with Crippen LogP contribution in [0.25, 0.3) is 0 Å². The van der Waals surface area contributed by atoms with Gasteiger partial charge >= 0.3 is 0 Å². The van der Waals surface area contributed by atoms with Crippen molar-refractivity contribution in [2.45, 2.75) is 58.5 Å². The molecule has 0 unspecified atom stereocenters. The van der Waals surface area contributed by atoms with Crippen molar-refractivity contribution < 1.29 is 14.7 Å². The van der Waals surface area contributed by atoms with Gasteiger partial charge in [0.1, 0.15) is 5.41 Å². The van der Waals surface area contributed by atoms with Crippen molar-refractivity contribution in [2.24, 2.45) is 16.3 Å². The summed E-state index contributed by atoms with van der Waals surface area (Å²) in [5, 5.41) is 14.8. The van der Waals surface area contributed by atoms with Crippen molar-refractivity contribution in [3.05, 3.63) is 0 Å². The first-order valence-corrected chi connectivity index (χ1v) is 7.41. The highest BCUT2D eigenvalue weighted by Gasteiger charge is 2.45. The molecule has 1 rings (SSSR count). The summed E-state index contributed by atoms with van der Waals surface area (Å²) in [7, 11) is 0. The normalized spacial score (nSPS) is 18.4. The van der Waals surface area contributed by atoms with Crippen LogP contribution in [-0.4, -0.2) is 36.2 Å². The van der Waals surface area contributed by atoms with Crippen LogP contribution in [0, 0.1) is 5.41 Å². The summed E-state index contributed by atoms with van der Waals surface area (Å²) in [5.74, 6) is -0.0780. The molecule has 1 amide bonds. The van der Waals surface area contributed by atoms with Crippen LogP contribution in [0.2, 0.25) is 0 Å². The molecule has 0 aromatic rings. The number of carbonyl (C=O) groups is 1. The molecular formula is C14H27N3O3. The van der Waals surface area contributed by atoms with Gasteiger partial charge in [0.05, 0.1) is 6.10 Å². The molecule has 1 saturated carbocycles. The quantitative estimate of drug-likeness (QED) is 0.207. The molecule has 4 N–H and O–H groups in total. The van der Waals surface area contributed by atoms with E-state index in [9.17, 15) is 4.79 Å². The number of unbranched alkanes of at least 4 members (excludes halogenated alkanes) is 1. The lowest BCUT2D eigenvalue weighted by atomic mass is 9.84. The first-order valence-electron chi connectivity index (χ1n) is 7.41. The lowest BCUT2D eigenvalue weighted by molar-refractivity contribution is -0.127. The van der Waals surface area contributed by atoms with Crippen molar-refractivity contribution >= 4 is 11.7 Å². The Morgan fingerprint density at radius 3 is 2.60 bits per heavy atom. The number of carbonyl (C=O) groups excluding carboxylic acids is 1. The third-order valence-corrected chi connectivity index (χ3v) is 3.80. The second kappa shape index (κ2) is 8.09. The number of amidine groups is 1. The molecule has 0 heterocycles. The maximum Gasteiger partial charge on any atom is 0.233 e. The molecular weight excluding hydrogens is 258 g/mol. The molecule has 0 atom stereocenters. The number of rotatable bonds is 8. The zero-order valence-electron chi connectivity index (χ0n) is 12.5. The van der Waals surface area contributed by atoms with Crippen molar-refractivity contribution in [2.75, 3.05) is 13.2 Å². The van der Waals surface area contributed by atoms with E-state index in [2.05, 4.69) is 10.5 Å². The minimum Gasteiger partial charge on any atom is -0.409 e. The summed E-state index contributed by atoms with van der Waals surface area (Å²) in [6.45, 7) is 5.31. The topological polar surface area (TPSA) is 96.9 Å². The van der Waals surface area contributed by atoms with Gasteiger partial charge in [-0.1, -0.05) is 18.0 Å². The van der Waals surface area contributed by atoms with Gasteiger partial charge in [-0.05, 0) is 39.5 Å². The second-order valence-corrected chi connectivity index (χ2v) is 5.66. The van der Waals surface area contributed by atoms with Crippen LogP contribution >= 0.6 is 0 Å². The predicted molar refractivity (Wildman–Crippen MR) is 77.6 cm³/mol. The molecule has 116 valence electrons. The zero-order valence-corrected chi connectivity index (χ0v) is 12.5. The van der Waals surface area contributed by atoms with E-state index in [0.717, 1.165) is 25.7 Å². The fraction of sp³-hybridized carbons (Fsp3) is 0.857. The number of oxime groups is 1. The summed E-state index contributed by atoms with van der Waals surface area (Å²) in [6, 6.07) is 0. The van der Waals surface area contributed by atoms with E-state index in [4.69, 9.17) is 15.7 Å². The monoisotopic (exact) mass is 285 g/mol. The Balaban J connectivity index is 2.33. The number of ether oxygens (including phenoxy) is 1. The van der Waals surface area contributed by atoms with Crippen LogP contribution in [0.3, 0.4) is 0 Å². The van der Waals surface area contributed by atoms with Crippen molar-refractivity contribution in [3.63, 3.8) is 0 Å². The summed E-state index contributed by atoms with van der Waals surface area (Å²) >= 11 is 0. The Morgan fingerprint density at radius 1 is 1.40 bits per heavy atom. The van der Waals surface area contributed by atoms with E-state index >= 15 is 0 Å². The van der Waals surface area contributed by atoms with Crippen molar-refractivity contribution in [1.29, 1.82) is 0 Å². The van der Waals surface area contributed by atoms with E-state index in [1.54, 1.807) is 0 Å². The van der Waals surface area contributed by atoms with Gasteiger partial charge in [0.25, 0.3) is 0 Å². The molecule has 20 heavy (non-hydrogen) atoms. The van der Waals surface area contributed by atoms with Gasteiger partial charge in [0, 0.05) is 13.2 Å². The van der Waals surface area contributed by atoms with Crippen LogP contribution in [0.1, 0.15) is 52.4 Å². The Morgan fingerprint density at radius 2 is 2.05 bits per heavy atom. The van der Waals surface area contributed by atoms with Crippen molar-refractivity contribution in [3.8, 4) is 0 Å². The lowest BCUT2D eigenvalue weighted by Crippen LogP contribution is -2.48. The zero-order chi connectivity index (χ0) is 15.0. The predicted octanol–water partition coefficient (Wildman–Crippen LogP) is 1.61. The Hall–Kier alpha value is -1.30. The maximum atomic E-state index is 12.3. The summed E-state index contributed by atoms with van der Waals surface area (Å²) in [6.07, 6.45) is 5.21. The van der Waals surface area contributed by atoms with Gasteiger partial charge in [0.2, 0.25) is 5.91 Å². The smallest absolute Gasteiger partial charge is 0.233 e. The fourth-order valence-electron chi connectivity index (χ4n) is 2.59. The van der Waals surface area contributed by atoms with E-state index < -0.39 is 5.41 Å². The molecule has 6 heteroatoms. The Kier molecular flexibility index (Phi) is 6.78. The number of nitrogens with zero attached hydrogens (tertiary/aromatic N) is 1. The highest BCUT2D eigenvalue weighted by molar-refractivity contribution is 6.07. The third kappa shape index (κ3) is 4.37. The highest BCUT2D eigenvalue weighted by Crippen LogP contribution is 2.38. The molecule has 0 spiro atoms. The van der Waals surface area contributed by atoms with Crippen LogP contribution < -0.4 is 11.1 Å². The highest BCUT2D eigenvalue weighted by atomic mass is 16.5. The molecule has 6 nitrogen and oxygen atoms in total. The molecule has 0 saturated heterocycles. The first kappa shape index (κ1) is 16.8. The van der Waals surface area contributed by atoms with E-state index in [1.165, 1.54) is 0 Å². The van der Waals surface area contributed by atoms with Gasteiger partial charge in [0.15, 0.2) is 5.84 Å². The first-order chi connectivity index (χ1) is 9.53. The average molecular weight is 285 g/mol. The summed E-state index contributed by atoms with van der Waals surface area (Å²) in [5.41, 5.74) is 4.92. The number of hydrogen-bond donors (Lipinski definition) is 3.